The third-order valence-electron chi connectivity index (χ3n) is 6.04. The highest BCUT2D eigenvalue weighted by atomic mass is 32.2. The van der Waals surface area contributed by atoms with Gasteiger partial charge in [-0.05, 0) is 51.0 Å². The molecule has 0 unspecified atom stereocenters. The lowest BCUT2D eigenvalue weighted by Gasteiger charge is -2.33. The largest absolute Gasteiger partial charge is 0.339 e. The second-order valence-corrected chi connectivity index (χ2v) is 9.09. The lowest BCUT2D eigenvalue weighted by Crippen LogP contribution is -2.42. The number of hydrogen-bond donors (Lipinski definition) is 0. The van der Waals surface area contributed by atoms with Gasteiger partial charge in [-0.2, -0.15) is 0 Å². The minimum absolute atomic E-state index is 0.107. The van der Waals surface area contributed by atoms with Crippen LogP contribution in [0.15, 0.2) is 58.5 Å². The van der Waals surface area contributed by atoms with Crippen molar-refractivity contribution >= 4 is 28.6 Å². The van der Waals surface area contributed by atoms with Crippen LogP contribution in [0.2, 0.25) is 0 Å². The van der Waals surface area contributed by atoms with Crippen molar-refractivity contribution in [3.8, 4) is 5.69 Å². The summed E-state index contributed by atoms with van der Waals surface area (Å²) in [4.78, 5) is 33.2. The highest BCUT2D eigenvalue weighted by Gasteiger charge is 2.24. The van der Waals surface area contributed by atoms with Gasteiger partial charge in [-0.1, -0.05) is 60.9 Å². The van der Waals surface area contributed by atoms with Crippen LogP contribution >= 0.6 is 11.8 Å². The number of carbonyl (C=O) groups excluding carboxylic acids is 1. The molecule has 1 aliphatic carbocycles. The number of rotatable bonds is 6. The van der Waals surface area contributed by atoms with Crippen molar-refractivity contribution in [2.24, 2.45) is 0 Å². The molecule has 1 heterocycles. The Morgan fingerprint density at radius 3 is 2.52 bits per heavy atom. The number of fused-ring (bicyclic) bond motifs is 1. The first-order valence-electron chi connectivity index (χ1n) is 11.1. The predicted molar refractivity (Wildman–Crippen MR) is 127 cm³/mol. The molecule has 31 heavy (non-hydrogen) atoms. The zero-order valence-electron chi connectivity index (χ0n) is 18.2. The molecule has 6 heteroatoms. The lowest BCUT2D eigenvalue weighted by molar-refractivity contribution is -0.131. The Labute approximate surface area is 187 Å². The topological polar surface area (TPSA) is 55.2 Å². The van der Waals surface area contributed by atoms with Gasteiger partial charge < -0.3 is 4.90 Å². The monoisotopic (exact) mass is 435 g/mol. The number of aryl methyl sites for hydroxylation is 1. The summed E-state index contributed by atoms with van der Waals surface area (Å²) < 4.78 is 1.64. The Morgan fingerprint density at radius 1 is 1.10 bits per heavy atom. The molecule has 5 nitrogen and oxygen atoms in total. The van der Waals surface area contributed by atoms with E-state index in [1.165, 1.54) is 31.0 Å². The zero-order chi connectivity index (χ0) is 21.8. The summed E-state index contributed by atoms with van der Waals surface area (Å²) >= 11 is 1.35. The molecule has 0 bridgehead atoms. The van der Waals surface area contributed by atoms with Gasteiger partial charge in [0.05, 0.1) is 22.3 Å². The first-order chi connectivity index (χ1) is 15.1. The molecule has 1 fully saturated rings. The summed E-state index contributed by atoms with van der Waals surface area (Å²) in [5, 5.41) is 1.14. The lowest BCUT2D eigenvalue weighted by atomic mass is 9.94. The van der Waals surface area contributed by atoms with Crippen LogP contribution in [0.25, 0.3) is 16.6 Å². The van der Waals surface area contributed by atoms with Crippen molar-refractivity contribution in [2.45, 2.75) is 57.1 Å². The Balaban J connectivity index is 1.66. The van der Waals surface area contributed by atoms with Crippen LogP contribution in [-0.2, 0) is 4.79 Å². The van der Waals surface area contributed by atoms with E-state index in [0.717, 1.165) is 30.6 Å². The molecule has 1 amide bonds. The fourth-order valence-electron chi connectivity index (χ4n) is 4.37. The Hall–Kier alpha value is -2.60. The first kappa shape index (κ1) is 21.6. The summed E-state index contributed by atoms with van der Waals surface area (Å²) in [5.41, 5.74) is 2.44. The third kappa shape index (κ3) is 4.69. The molecule has 0 saturated heterocycles. The first-order valence-corrected chi connectivity index (χ1v) is 12.1. The highest BCUT2D eigenvalue weighted by Crippen LogP contribution is 2.25. The molecule has 0 N–H and O–H groups in total. The Bertz CT molecular complexity index is 1120. The highest BCUT2D eigenvalue weighted by molar-refractivity contribution is 7.99. The van der Waals surface area contributed by atoms with Crippen LogP contribution in [0, 0.1) is 6.92 Å². The van der Waals surface area contributed by atoms with Gasteiger partial charge in [0.15, 0.2) is 5.16 Å². The molecule has 1 aliphatic rings. The van der Waals surface area contributed by atoms with E-state index in [0.29, 0.717) is 22.1 Å². The van der Waals surface area contributed by atoms with E-state index < -0.39 is 0 Å². The Morgan fingerprint density at radius 2 is 1.81 bits per heavy atom. The van der Waals surface area contributed by atoms with E-state index in [1.54, 1.807) is 10.6 Å². The Kier molecular flexibility index (Phi) is 6.76. The number of aromatic nitrogens is 2. The summed E-state index contributed by atoms with van der Waals surface area (Å²) in [6, 6.07) is 15.6. The van der Waals surface area contributed by atoms with Gasteiger partial charge in [0.25, 0.3) is 5.56 Å². The fourth-order valence-corrected chi connectivity index (χ4v) is 5.27. The van der Waals surface area contributed by atoms with E-state index in [4.69, 9.17) is 4.98 Å². The number of nitrogens with zero attached hydrogens (tertiary/aromatic N) is 3. The van der Waals surface area contributed by atoms with Gasteiger partial charge in [0, 0.05) is 12.6 Å². The summed E-state index contributed by atoms with van der Waals surface area (Å²) in [5.74, 6) is 0.401. The van der Waals surface area contributed by atoms with E-state index in [-0.39, 0.29) is 17.2 Å². The van der Waals surface area contributed by atoms with Crippen molar-refractivity contribution in [1.29, 1.82) is 0 Å². The molecule has 3 aromatic rings. The molecule has 0 aliphatic heterocycles. The molecular formula is C25H29N3O2S. The number of thioether (sulfide) groups is 1. The molecular weight excluding hydrogens is 406 g/mol. The maximum absolute atomic E-state index is 13.3. The van der Waals surface area contributed by atoms with Gasteiger partial charge >= 0.3 is 0 Å². The van der Waals surface area contributed by atoms with Crippen molar-refractivity contribution in [3.05, 3.63) is 64.4 Å². The number of benzene rings is 2. The molecule has 0 atom stereocenters. The minimum Gasteiger partial charge on any atom is -0.339 e. The van der Waals surface area contributed by atoms with Crippen molar-refractivity contribution < 1.29 is 4.79 Å². The van der Waals surface area contributed by atoms with Crippen LogP contribution < -0.4 is 5.56 Å². The predicted octanol–water partition coefficient (Wildman–Crippen LogP) is 4.97. The van der Waals surface area contributed by atoms with Gasteiger partial charge in [-0.25, -0.2) is 4.98 Å². The number of amides is 1. The fraction of sp³-hybridized carbons (Fsp3) is 0.400. The molecule has 2 aromatic carbocycles. The smallest absolute Gasteiger partial charge is 0.266 e. The normalized spacial score (nSPS) is 14.6. The second kappa shape index (κ2) is 9.69. The SMILES string of the molecule is CCN(C(=O)CSc1nc2ccccc2c(=O)n1-c1ccc(C)cc1)C1CCCCC1. The maximum Gasteiger partial charge on any atom is 0.266 e. The summed E-state index contributed by atoms with van der Waals surface area (Å²) in [6.45, 7) is 4.79. The zero-order valence-corrected chi connectivity index (χ0v) is 19.0. The molecule has 0 spiro atoms. The van der Waals surface area contributed by atoms with Gasteiger partial charge in [0.2, 0.25) is 5.91 Å². The quantitative estimate of drug-likeness (QED) is 0.405. The van der Waals surface area contributed by atoms with E-state index in [9.17, 15) is 9.59 Å². The van der Waals surface area contributed by atoms with Crippen LogP contribution in [0.5, 0.6) is 0 Å². The molecule has 4 rings (SSSR count). The molecule has 0 radical (unpaired) electrons. The second-order valence-electron chi connectivity index (χ2n) is 8.15. The third-order valence-corrected chi connectivity index (χ3v) is 6.96. The summed E-state index contributed by atoms with van der Waals surface area (Å²) in [7, 11) is 0. The number of para-hydroxylation sites is 1. The maximum atomic E-state index is 13.3. The molecule has 1 aromatic heterocycles. The average molecular weight is 436 g/mol. The van der Waals surface area contributed by atoms with Gasteiger partial charge in [0.1, 0.15) is 0 Å². The van der Waals surface area contributed by atoms with Gasteiger partial charge in [-0.3, -0.25) is 14.2 Å². The van der Waals surface area contributed by atoms with Crippen LogP contribution in [0.4, 0.5) is 0 Å². The number of hydrogen-bond acceptors (Lipinski definition) is 4. The van der Waals surface area contributed by atoms with E-state index >= 15 is 0 Å². The summed E-state index contributed by atoms with van der Waals surface area (Å²) in [6.07, 6.45) is 5.83. The standard InChI is InChI=1S/C25H29N3O2S/c1-3-27(19-9-5-4-6-10-19)23(29)17-31-25-26-22-12-8-7-11-21(22)24(30)28(25)20-15-13-18(2)14-16-20/h7-8,11-16,19H,3-6,9-10,17H2,1-2H3. The van der Waals surface area contributed by atoms with E-state index in [2.05, 4.69) is 0 Å². The van der Waals surface area contributed by atoms with Gasteiger partial charge in [-0.15, -0.1) is 0 Å². The molecule has 1 saturated carbocycles. The van der Waals surface area contributed by atoms with Crippen molar-refractivity contribution in [1.82, 2.24) is 14.5 Å². The van der Waals surface area contributed by atoms with Crippen molar-refractivity contribution in [2.75, 3.05) is 12.3 Å². The minimum atomic E-state index is -0.107. The number of carbonyl (C=O) groups is 1. The van der Waals surface area contributed by atoms with Crippen LogP contribution in [0.3, 0.4) is 0 Å². The molecule has 162 valence electrons. The van der Waals surface area contributed by atoms with Crippen LogP contribution in [-0.4, -0.2) is 38.7 Å². The van der Waals surface area contributed by atoms with Crippen LogP contribution in [0.1, 0.15) is 44.6 Å². The van der Waals surface area contributed by atoms with E-state index in [1.807, 2.05) is 61.2 Å². The van der Waals surface area contributed by atoms with Crippen molar-refractivity contribution in [3.63, 3.8) is 0 Å². The average Bonchev–Trinajstić information content (AvgIpc) is 2.80.